The third-order valence-corrected chi connectivity index (χ3v) is 3.30. The molecule has 1 aromatic carbocycles. The quantitative estimate of drug-likeness (QED) is 0.841. The molecule has 1 amide bonds. The predicted molar refractivity (Wildman–Crippen MR) is 69.4 cm³/mol. The van der Waals surface area contributed by atoms with Gasteiger partial charge in [-0.15, -0.1) is 0 Å². The highest BCUT2D eigenvalue weighted by molar-refractivity contribution is 5.67. The van der Waals surface area contributed by atoms with Crippen LogP contribution in [-0.2, 0) is 11.3 Å². The Labute approximate surface area is 112 Å². The molecule has 0 aromatic heterocycles. The first-order valence-electron chi connectivity index (χ1n) is 6.48. The average Bonchev–Trinajstić information content (AvgIpc) is 2.60. The molecule has 0 saturated carbocycles. The molecule has 0 aliphatic carbocycles. The lowest BCUT2D eigenvalue weighted by Gasteiger charge is -2.19. The van der Waals surface area contributed by atoms with Crippen molar-refractivity contribution < 1.29 is 19.7 Å². The summed E-state index contributed by atoms with van der Waals surface area (Å²) in [4.78, 5) is 13.4. The molecule has 1 fully saturated rings. The van der Waals surface area contributed by atoms with Gasteiger partial charge in [0.15, 0.2) is 0 Å². The Kier molecular flexibility index (Phi) is 4.76. The maximum absolute atomic E-state index is 11.9. The largest absolute Gasteiger partial charge is 0.445 e. The van der Waals surface area contributed by atoms with Crippen LogP contribution in [0.1, 0.15) is 18.4 Å². The molecule has 0 bridgehead atoms. The highest BCUT2D eigenvalue weighted by Gasteiger charge is 2.25. The van der Waals surface area contributed by atoms with Crippen molar-refractivity contribution in [3.63, 3.8) is 0 Å². The normalized spacial score (nSPS) is 23.8. The van der Waals surface area contributed by atoms with E-state index in [9.17, 15) is 15.0 Å². The maximum Gasteiger partial charge on any atom is 0.410 e. The monoisotopic (exact) mass is 265 g/mol. The fourth-order valence-electron chi connectivity index (χ4n) is 2.07. The molecular formula is C14H19NO4. The van der Waals surface area contributed by atoms with Gasteiger partial charge in [-0.3, -0.25) is 0 Å². The smallest absolute Gasteiger partial charge is 0.410 e. The molecule has 0 spiro atoms. The average molecular weight is 265 g/mol. The second-order valence-corrected chi connectivity index (χ2v) is 4.74. The Morgan fingerprint density at radius 1 is 1.16 bits per heavy atom. The minimum atomic E-state index is -0.757. The number of amides is 1. The zero-order valence-corrected chi connectivity index (χ0v) is 10.7. The second-order valence-electron chi connectivity index (χ2n) is 4.74. The van der Waals surface area contributed by atoms with E-state index in [1.54, 1.807) is 0 Å². The van der Waals surface area contributed by atoms with Crippen LogP contribution in [0.2, 0.25) is 0 Å². The van der Waals surface area contributed by atoms with Gasteiger partial charge in [0.2, 0.25) is 0 Å². The molecule has 19 heavy (non-hydrogen) atoms. The van der Waals surface area contributed by atoms with Gasteiger partial charge in [0.25, 0.3) is 0 Å². The topological polar surface area (TPSA) is 70.0 Å². The second kappa shape index (κ2) is 6.54. The van der Waals surface area contributed by atoms with Crippen molar-refractivity contribution >= 4 is 6.09 Å². The summed E-state index contributed by atoms with van der Waals surface area (Å²) in [5.74, 6) is 0. The first kappa shape index (κ1) is 13.8. The van der Waals surface area contributed by atoms with Gasteiger partial charge in [0.05, 0.1) is 12.2 Å². The van der Waals surface area contributed by atoms with Crippen LogP contribution in [0, 0.1) is 0 Å². The van der Waals surface area contributed by atoms with Gasteiger partial charge < -0.3 is 19.8 Å². The first-order valence-corrected chi connectivity index (χ1v) is 6.48. The van der Waals surface area contributed by atoms with Crippen LogP contribution >= 0.6 is 0 Å². The Balaban J connectivity index is 1.83. The summed E-state index contributed by atoms with van der Waals surface area (Å²) in [7, 11) is 0. The Bertz CT molecular complexity index is 397. The van der Waals surface area contributed by atoms with Crippen LogP contribution in [0.5, 0.6) is 0 Å². The van der Waals surface area contributed by atoms with E-state index in [2.05, 4.69) is 0 Å². The molecule has 0 unspecified atom stereocenters. The van der Waals surface area contributed by atoms with Gasteiger partial charge in [-0.2, -0.15) is 0 Å². The summed E-state index contributed by atoms with van der Waals surface area (Å²) < 4.78 is 5.22. The minimum absolute atomic E-state index is 0.237. The number of aliphatic hydroxyl groups excluding tert-OH is 2. The third-order valence-electron chi connectivity index (χ3n) is 3.30. The SMILES string of the molecule is O=C(OCc1ccccc1)N1CC[C@@H](O)[C@H](O)CC1. The molecule has 2 N–H and O–H groups in total. The van der Waals surface area contributed by atoms with Gasteiger partial charge in [0.1, 0.15) is 6.61 Å². The van der Waals surface area contributed by atoms with Crippen LogP contribution in [0.15, 0.2) is 30.3 Å². The lowest BCUT2D eigenvalue weighted by Crippen LogP contribution is -2.32. The maximum atomic E-state index is 11.9. The summed E-state index contributed by atoms with van der Waals surface area (Å²) in [5, 5.41) is 19.1. The first-order chi connectivity index (χ1) is 9.16. The van der Waals surface area contributed by atoms with Crippen LogP contribution in [0.25, 0.3) is 0 Å². The molecule has 1 heterocycles. The Hall–Kier alpha value is -1.59. The summed E-state index contributed by atoms with van der Waals surface area (Å²) in [6.45, 7) is 1.05. The van der Waals surface area contributed by atoms with E-state index < -0.39 is 18.3 Å². The Morgan fingerprint density at radius 3 is 2.32 bits per heavy atom. The molecule has 2 rings (SSSR count). The number of likely N-dealkylation sites (tertiary alicyclic amines) is 1. The number of carbonyl (C=O) groups is 1. The van der Waals surface area contributed by atoms with E-state index >= 15 is 0 Å². The van der Waals surface area contributed by atoms with E-state index in [0.29, 0.717) is 25.9 Å². The van der Waals surface area contributed by atoms with Crippen molar-refractivity contribution in [2.45, 2.75) is 31.7 Å². The molecule has 2 atom stereocenters. The molecule has 104 valence electrons. The van der Waals surface area contributed by atoms with Crippen molar-refractivity contribution in [2.75, 3.05) is 13.1 Å². The van der Waals surface area contributed by atoms with E-state index in [0.717, 1.165) is 5.56 Å². The number of rotatable bonds is 2. The summed E-state index contributed by atoms with van der Waals surface area (Å²) in [6, 6.07) is 9.47. The molecular weight excluding hydrogens is 246 g/mol. The molecule has 0 radical (unpaired) electrons. The number of carbonyl (C=O) groups excluding carboxylic acids is 1. The number of nitrogens with zero attached hydrogens (tertiary/aromatic N) is 1. The van der Waals surface area contributed by atoms with Gasteiger partial charge >= 0.3 is 6.09 Å². The van der Waals surface area contributed by atoms with Crippen molar-refractivity contribution in [1.29, 1.82) is 0 Å². The number of benzene rings is 1. The van der Waals surface area contributed by atoms with Crippen LogP contribution in [0.4, 0.5) is 4.79 Å². The van der Waals surface area contributed by atoms with Gasteiger partial charge in [-0.05, 0) is 18.4 Å². The summed E-state index contributed by atoms with van der Waals surface area (Å²) >= 11 is 0. The van der Waals surface area contributed by atoms with Crippen LogP contribution < -0.4 is 0 Å². The predicted octanol–water partition coefficient (Wildman–Crippen LogP) is 1.14. The van der Waals surface area contributed by atoms with Crippen molar-refractivity contribution in [3.8, 4) is 0 Å². The van der Waals surface area contributed by atoms with Crippen LogP contribution in [-0.4, -0.2) is 46.5 Å². The molecule has 1 aromatic rings. The number of hydrogen-bond acceptors (Lipinski definition) is 4. The van der Waals surface area contributed by atoms with Crippen LogP contribution in [0.3, 0.4) is 0 Å². The standard InChI is InChI=1S/C14H19NO4/c16-12-6-8-15(9-7-13(12)17)14(18)19-10-11-4-2-1-3-5-11/h1-5,12-13,16-17H,6-10H2/t12-,13-/m1/s1. The third kappa shape index (κ3) is 3.94. The lowest BCUT2D eigenvalue weighted by molar-refractivity contribution is 0.0187. The fraction of sp³-hybridized carbons (Fsp3) is 0.500. The van der Waals surface area contributed by atoms with E-state index in [-0.39, 0.29) is 6.61 Å². The van der Waals surface area contributed by atoms with Crippen molar-refractivity contribution in [3.05, 3.63) is 35.9 Å². The Morgan fingerprint density at radius 2 is 1.74 bits per heavy atom. The molecule has 5 heteroatoms. The van der Waals surface area contributed by atoms with Crippen molar-refractivity contribution in [1.82, 2.24) is 4.90 Å². The molecule has 1 saturated heterocycles. The van der Waals surface area contributed by atoms with E-state index in [4.69, 9.17) is 4.74 Å². The molecule has 5 nitrogen and oxygen atoms in total. The summed E-state index contributed by atoms with van der Waals surface area (Å²) in [6.07, 6.45) is -1.16. The highest BCUT2D eigenvalue weighted by atomic mass is 16.6. The number of hydrogen-bond donors (Lipinski definition) is 2. The molecule has 1 aliphatic rings. The van der Waals surface area contributed by atoms with E-state index in [1.165, 1.54) is 4.90 Å². The zero-order valence-electron chi connectivity index (χ0n) is 10.7. The minimum Gasteiger partial charge on any atom is -0.445 e. The van der Waals surface area contributed by atoms with Crippen molar-refractivity contribution in [2.24, 2.45) is 0 Å². The van der Waals surface area contributed by atoms with E-state index in [1.807, 2.05) is 30.3 Å². The molecule has 1 aliphatic heterocycles. The number of ether oxygens (including phenoxy) is 1. The zero-order chi connectivity index (χ0) is 13.7. The lowest BCUT2D eigenvalue weighted by atomic mass is 10.1. The summed E-state index contributed by atoms with van der Waals surface area (Å²) in [5.41, 5.74) is 0.936. The number of aliphatic hydroxyl groups is 2. The van der Waals surface area contributed by atoms with Gasteiger partial charge in [-0.25, -0.2) is 4.79 Å². The fourth-order valence-corrected chi connectivity index (χ4v) is 2.07. The highest BCUT2D eigenvalue weighted by Crippen LogP contribution is 2.13. The van der Waals surface area contributed by atoms with Gasteiger partial charge in [-0.1, -0.05) is 30.3 Å². The van der Waals surface area contributed by atoms with Gasteiger partial charge in [0, 0.05) is 13.1 Å².